The Hall–Kier alpha value is -1.31. The summed E-state index contributed by atoms with van der Waals surface area (Å²) < 4.78 is 4.97. The van der Waals surface area contributed by atoms with Crippen molar-refractivity contribution >= 4 is 6.08 Å². The predicted molar refractivity (Wildman–Crippen MR) is 44.7 cm³/mol. The molecule has 0 saturated heterocycles. The van der Waals surface area contributed by atoms with Gasteiger partial charge in [-0.1, -0.05) is 18.2 Å². The van der Waals surface area contributed by atoms with Gasteiger partial charge in [-0.15, -0.1) is 0 Å². The van der Waals surface area contributed by atoms with Gasteiger partial charge in [0.1, 0.15) is 6.26 Å². The molecule has 11 heavy (non-hydrogen) atoms. The second-order valence-electron chi connectivity index (χ2n) is 1.95. The lowest BCUT2D eigenvalue weighted by Crippen LogP contribution is -1.64. The van der Waals surface area contributed by atoms with E-state index in [-0.39, 0.29) is 0 Å². The lowest BCUT2D eigenvalue weighted by atomic mass is 10.4. The predicted octanol–water partition coefficient (Wildman–Crippen LogP) is 2.47. The standard InChI is InChI=1S/C9H10NO/c1-2-3-4-5-6-9-10-7-8-11-9/h3-8H,1-2H2. The van der Waals surface area contributed by atoms with E-state index >= 15 is 0 Å². The molecule has 0 bridgehead atoms. The van der Waals surface area contributed by atoms with Gasteiger partial charge in [-0.3, -0.25) is 0 Å². The van der Waals surface area contributed by atoms with Gasteiger partial charge in [-0.05, 0) is 13.3 Å². The molecule has 1 aromatic heterocycles. The molecule has 1 rings (SSSR count). The van der Waals surface area contributed by atoms with Crippen molar-refractivity contribution in [3.8, 4) is 0 Å². The van der Waals surface area contributed by atoms with Crippen LogP contribution in [-0.2, 0) is 0 Å². The molecular formula is C9H10NO. The average molecular weight is 148 g/mol. The number of oxazole rings is 1. The average Bonchev–Trinajstić information content (AvgIpc) is 2.50. The summed E-state index contributed by atoms with van der Waals surface area (Å²) in [7, 11) is 0. The summed E-state index contributed by atoms with van der Waals surface area (Å²) in [6.07, 6.45) is 11.5. The smallest absolute Gasteiger partial charge is 0.218 e. The first-order valence-electron chi connectivity index (χ1n) is 3.45. The van der Waals surface area contributed by atoms with Crippen LogP contribution in [0.2, 0.25) is 0 Å². The summed E-state index contributed by atoms with van der Waals surface area (Å²) in [5.74, 6) is 0.624. The van der Waals surface area contributed by atoms with Crippen molar-refractivity contribution in [3.05, 3.63) is 43.5 Å². The van der Waals surface area contributed by atoms with Gasteiger partial charge >= 0.3 is 0 Å². The van der Waals surface area contributed by atoms with Crippen LogP contribution < -0.4 is 0 Å². The van der Waals surface area contributed by atoms with Crippen molar-refractivity contribution < 1.29 is 4.42 Å². The van der Waals surface area contributed by atoms with E-state index in [0.29, 0.717) is 5.89 Å². The number of allylic oxidation sites excluding steroid dienone is 3. The molecule has 0 fully saturated rings. The first-order chi connectivity index (χ1) is 5.43. The molecule has 0 unspecified atom stereocenters. The maximum Gasteiger partial charge on any atom is 0.218 e. The van der Waals surface area contributed by atoms with Crippen molar-refractivity contribution in [1.82, 2.24) is 4.98 Å². The van der Waals surface area contributed by atoms with Crippen molar-refractivity contribution in [2.75, 3.05) is 0 Å². The molecule has 0 aliphatic heterocycles. The van der Waals surface area contributed by atoms with Gasteiger partial charge in [0.2, 0.25) is 5.89 Å². The zero-order valence-electron chi connectivity index (χ0n) is 6.23. The minimum atomic E-state index is 0.624. The lowest BCUT2D eigenvalue weighted by Gasteiger charge is -1.77. The highest BCUT2D eigenvalue weighted by Crippen LogP contribution is 1.96. The van der Waals surface area contributed by atoms with Crippen LogP contribution in [0.25, 0.3) is 6.08 Å². The first kappa shape index (κ1) is 7.79. The Labute approximate surface area is 66.3 Å². The molecule has 57 valence electrons. The number of aromatic nitrogens is 1. The highest BCUT2D eigenvalue weighted by atomic mass is 16.3. The van der Waals surface area contributed by atoms with E-state index in [0.717, 1.165) is 6.42 Å². The molecule has 0 aliphatic carbocycles. The normalized spacial score (nSPS) is 11.7. The Kier molecular flexibility index (Phi) is 3.19. The third-order valence-corrected chi connectivity index (χ3v) is 1.10. The summed E-state index contributed by atoms with van der Waals surface area (Å²) in [6, 6.07) is 0. The Morgan fingerprint density at radius 2 is 2.45 bits per heavy atom. The topological polar surface area (TPSA) is 26.0 Å². The minimum absolute atomic E-state index is 0.624. The van der Waals surface area contributed by atoms with E-state index < -0.39 is 0 Å². The van der Waals surface area contributed by atoms with Crippen molar-refractivity contribution in [2.24, 2.45) is 0 Å². The number of hydrogen-bond acceptors (Lipinski definition) is 2. The second-order valence-corrected chi connectivity index (χ2v) is 1.95. The summed E-state index contributed by atoms with van der Waals surface area (Å²) in [6.45, 7) is 3.66. The van der Waals surface area contributed by atoms with Crippen LogP contribution in [0, 0.1) is 6.92 Å². The Morgan fingerprint density at radius 3 is 3.09 bits per heavy atom. The molecule has 1 aromatic rings. The molecular weight excluding hydrogens is 138 g/mol. The largest absolute Gasteiger partial charge is 0.445 e. The van der Waals surface area contributed by atoms with E-state index in [9.17, 15) is 0 Å². The van der Waals surface area contributed by atoms with E-state index in [1.54, 1.807) is 18.5 Å². The monoisotopic (exact) mass is 148 g/mol. The molecule has 0 N–H and O–H groups in total. The molecule has 2 nitrogen and oxygen atoms in total. The maximum absolute atomic E-state index is 4.97. The van der Waals surface area contributed by atoms with Gasteiger partial charge in [-0.2, -0.15) is 0 Å². The van der Waals surface area contributed by atoms with Gasteiger partial charge in [-0.25, -0.2) is 4.98 Å². The molecule has 2 heteroatoms. The summed E-state index contributed by atoms with van der Waals surface area (Å²) in [5.41, 5.74) is 0. The Morgan fingerprint density at radius 1 is 1.55 bits per heavy atom. The third kappa shape index (κ3) is 2.85. The molecule has 1 radical (unpaired) electrons. The van der Waals surface area contributed by atoms with E-state index in [1.165, 1.54) is 0 Å². The van der Waals surface area contributed by atoms with Crippen LogP contribution >= 0.6 is 0 Å². The van der Waals surface area contributed by atoms with Crippen molar-refractivity contribution in [3.63, 3.8) is 0 Å². The lowest BCUT2D eigenvalue weighted by molar-refractivity contribution is 0.546. The Balaban J connectivity index is 2.43. The van der Waals surface area contributed by atoms with Crippen LogP contribution in [0.4, 0.5) is 0 Å². The first-order valence-corrected chi connectivity index (χ1v) is 3.45. The van der Waals surface area contributed by atoms with Gasteiger partial charge in [0.25, 0.3) is 0 Å². The van der Waals surface area contributed by atoms with Gasteiger partial charge in [0.05, 0.1) is 6.20 Å². The Bertz CT molecular complexity index is 234. The molecule has 1 heterocycles. The fraction of sp³-hybridized carbons (Fsp3) is 0.111. The fourth-order valence-corrected chi connectivity index (χ4v) is 0.629. The molecule has 0 aliphatic rings. The van der Waals surface area contributed by atoms with Crippen molar-refractivity contribution in [1.29, 1.82) is 0 Å². The minimum Gasteiger partial charge on any atom is -0.445 e. The molecule has 0 saturated carbocycles. The molecule has 0 atom stereocenters. The second kappa shape index (κ2) is 4.50. The maximum atomic E-state index is 4.97. The van der Waals surface area contributed by atoms with Crippen LogP contribution in [0.3, 0.4) is 0 Å². The SMILES string of the molecule is [CH2]CC=CC=Cc1ncco1. The fourth-order valence-electron chi connectivity index (χ4n) is 0.629. The summed E-state index contributed by atoms with van der Waals surface area (Å²) in [4.78, 5) is 3.91. The molecule has 0 spiro atoms. The van der Waals surface area contributed by atoms with Gasteiger partial charge in [0, 0.05) is 6.08 Å². The molecule has 0 aromatic carbocycles. The van der Waals surface area contributed by atoms with Crippen molar-refractivity contribution in [2.45, 2.75) is 6.42 Å². The van der Waals surface area contributed by atoms with Crippen LogP contribution in [0.5, 0.6) is 0 Å². The highest BCUT2D eigenvalue weighted by molar-refractivity contribution is 5.40. The number of hydrogen-bond donors (Lipinski definition) is 0. The third-order valence-electron chi connectivity index (χ3n) is 1.10. The quantitative estimate of drug-likeness (QED) is 0.615. The summed E-state index contributed by atoms with van der Waals surface area (Å²) in [5, 5.41) is 0. The zero-order valence-corrected chi connectivity index (χ0v) is 6.23. The number of nitrogens with zero attached hydrogens (tertiary/aromatic N) is 1. The van der Waals surface area contributed by atoms with E-state index in [2.05, 4.69) is 11.9 Å². The van der Waals surface area contributed by atoms with Crippen LogP contribution in [0.15, 0.2) is 35.1 Å². The van der Waals surface area contributed by atoms with Gasteiger partial charge < -0.3 is 4.42 Å². The van der Waals surface area contributed by atoms with Crippen LogP contribution in [-0.4, -0.2) is 4.98 Å². The number of rotatable bonds is 3. The molecule has 0 amide bonds. The highest BCUT2D eigenvalue weighted by Gasteiger charge is 1.84. The zero-order chi connectivity index (χ0) is 7.94. The van der Waals surface area contributed by atoms with Crippen LogP contribution in [0.1, 0.15) is 12.3 Å². The van der Waals surface area contributed by atoms with Gasteiger partial charge in [0.15, 0.2) is 0 Å². The van der Waals surface area contributed by atoms with E-state index in [4.69, 9.17) is 4.42 Å². The summed E-state index contributed by atoms with van der Waals surface area (Å²) >= 11 is 0. The van der Waals surface area contributed by atoms with E-state index in [1.807, 2.05) is 18.2 Å².